The van der Waals surface area contributed by atoms with Crippen LogP contribution in [0.3, 0.4) is 0 Å². The van der Waals surface area contributed by atoms with Crippen LogP contribution in [-0.2, 0) is 24.8 Å². The van der Waals surface area contributed by atoms with Crippen LogP contribution in [0.5, 0.6) is 0 Å². The average molecular weight is 383 g/mol. The van der Waals surface area contributed by atoms with E-state index in [2.05, 4.69) is 10.3 Å². The highest BCUT2D eigenvalue weighted by molar-refractivity contribution is 7.99. The van der Waals surface area contributed by atoms with Gasteiger partial charge in [-0.15, -0.1) is 0 Å². The van der Waals surface area contributed by atoms with Crippen LogP contribution in [0.15, 0.2) is 63.1 Å². The maximum Gasteiger partial charge on any atom is 0.257 e. The third-order valence-corrected chi connectivity index (χ3v) is 5.18. The normalized spacial score (nSPS) is 10.7. The summed E-state index contributed by atoms with van der Waals surface area (Å²) >= 11 is 1.24. The molecule has 7 heteroatoms. The van der Waals surface area contributed by atoms with Gasteiger partial charge in [-0.1, -0.05) is 42.1 Å². The lowest BCUT2D eigenvalue weighted by Gasteiger charge is -2.12. The number of hydrogen-bond donors (Lipinski definition) is 1. The molecule has 0 fully saturated rings. The maximum absolute atomic E-state index is 12.7. The van der Waals surface area contributed by atoms with Crippen molar-refractivity contribution in [1.82, 2.24) is 14.9 Å². The summed E-state index contributed by atoms with van der Waals surface area (Å²) in [6.45, 7) is 2.18. The molecule has 2 heterocycles. The summed E-state index contributed by atoms with van der Waals surface area (Å²) in [6, 6.07) is 13.4. The van der Waals surface area contributed by atoms with Crippen LogP contribution < -0.4 is 10.9 Å². The molecule has 3 aromatic rings. The number of nitrogens with zero attached hydrogens (tertiary/aromatic N) is 2. The summed E-state index contributed by atoms with van der Waals surface area (Å²) in [5, 5.41) is 3.31. The number of carbonyl (C=O) groups is 1. The first-order chi connectivity index (χ1) is 13.0. The molecule has 3 rings (SSSR count). The van der Waals surface area contributed by atoms with E-state index in [4.69, 9.17) is 4.42 Å². The Hall–Kier alpha value is -2.80. The van der Waals surface area contributed by atoms with Crippen molar-refractivity contribution in [3.8, 4) is 0 Å². The average Bonchev–Trinajstić information content (AvgIpc) is 3.20. The van der Waals surface area contributed by atoms with Crippen LogP contribution in [0.2, 0.25) is 0 Å². The van der Waals surface area contributed by atoms with Crippen molar-refractivity contribution in [1.29, 1.82) is 0 Å². The number of benzene rings is 1. The second-order valence-electron chi connectivity index (χ2n) is 6.13. The summed E-state index contributed by atoms with van der Waals surface area (Å²) in [5.74, 6) is 0.731. The number of hydrogen-bond acceptors (Lipinski definition) is 5. The van der Waals surface area contributed by atoms with Crippen LogP contribution in [0.1, 0.15) is 22.6 Å². The number of amides is 1. The van der Waals surface area contributed by atoms with Gasteiger partial charge in [0.25, 0.3) is 5.56 Å². The Morgan fingerprint density at radius 1 is 1.22 bits per heavy atom. The number of carbonyl (C=O) groups excluding carboxylic acids is 1. The van der Waals surface area contributed by atoms with Gasteiger partial charge in [-0.05, 0) is 24.6 Å². The smallest absolute Gasteiger partial charge is 0.257 e. The molecule has 6 nitrogen and oxygen atoms in total. The lowest BCUT2D eigenvalue weighted by atomic mass is 10.1. The van der Waals surface area contributed by atoms with Gasteiger partial charge in [-0.2, -0.15) is 0 Å². The molecule has 0 unspecified atom stereocenters. The van der Waals surface area contributed by atoms with Gasteiger partial charge in [-0.25, -0.2) is 4.98 Å². The summed E-state index contributed by atoms with van der Waals surface area (Å²) in [5.41, 5.74) is 2.36. The Morgan fingerprint density at radius 3 is 2.70 bits per heavy atom. The molecule has 0 saturated carbocycles. The van der Waals surface area contributed by atoms with E-state index >= 15 is 0 Å². The molecule has 140 valence electrons. The summed E-state index contributed by atoms with van der Waals surface area (Å²) < 4.78 is 6.69. The van der Waals surface area contributed by atoms with E-state index in [0.717, 1.165) is 5.56 Å². The minimum absolute atomic E-state index is 0.0788. The number of furan rings is 1. The second-order valence-corrected chi connectivity index (χ2v) is 7.07. The lowest BCUT2D eigenvalue weighted by Crippen LogP contribution is -2.27. The standard InChI is InChI=1S/C20H21N3O3S/c1-14-17(11-15-7-4-3-5-8-15)19(25)23(2)20(22-14)27-13-18(24)21-12-16-9-6-10-26-16/h3-10H,11-13H2,1-2H3,(H,21,24). The van der Waals surface area contributed by atoms with E-state index < -0.39 is 0 Å². The topological polar surface area (TPSA) is 77.1 Å². The first kappa shape index (κ1) is 19.0. The summed E-state index contributed by atoms with van der Waals surface area (Å²) in [4.78, 5) is 29.3. The third-order valence-electron chi connectivity index (χ3n) is 4.15. The zero-order valence-electron chi connectivity index (χ0n) is 15.3. The predicted molar refractivity (Wildman–Crippen MR) is 105 cm³/mol. The first-order valence-corrected chi connectivity index (χ1v) is 9.55. The molecule has 0 saturated heterocycles. The Bertz CT molecular complexity index is 966. The highest BCUT2D eigenvalue weighted by Crippen LogP contribution is 2.16. The summed E-state index contributed by atoms with van der Waals surface area (Å²) in [7, 11) is 1.69. The number of nitrogens with one attached hydrogen (secondary N) is 1. The Morgan fingerprint density at radius 2 is 2.00 bits per heavy atom. The quantitative estimate of drug-likeness (QED) is 0.501. The summed E-state index contributed by atoms with van der Waals surface area (Å²) in [6.07, 6.45) is 2.11. The van der Waals surface area contributed by atoms with Gasteiger partial charge in [0.2, 0.25) is 5.91 Å². The van der Waals surface area contributed by atoms with Gasteiger partial charge in [0.15, 0.2) is 5.16 Å². The number of aryl methyl sites for hydroxylation is 1. The fourth-order valence-corrected chi connectivity index (χ4v) is 3.48. The van der Waals surface area contributed by atoms with E-state index in [0.29, 0.717) is 35.1 Å². The molecular formula is C20H21N3O3S. The molecule has 27 heavy (non-hydrogen) atoms. The minimum Gasteiger partial charge on any atom is -0.467 e. The van der Waals surface area contributed by atoms with Crippen LogP contribution in [0.25, 0.3) is 0 Å². The zero-order valence-corrected chi connectivity index (χ0v) is 16.1. The molecule has 0 aliphatic rings. The molecule has 0 radical (unpaired) electrons. The Labute approximate surface area is 161 Å². The molecule has 1 N–H and O–H groups in total. The van der Waals surface area contributed by atoms with Crippen LogP contribution in [0.4, 0.5) is 0 Å². The van der Waals surface area contributed by atoms with E-state index in [9.17, 15) is 9.59 Å². The molecule has 2 aromatic heterocycles. The van der Waals surface area contributed by atoms with Crippen molar-refractivity contribution in [3.05, 3.63) is 81.7 Å². The third kappa shape index (κ3) is 4.89. The number of thioether (sulfide) groups is 1. The van der Waals surface area contributed by atoms with Crippen molar-refractivity contribution in [3.63, 3.8) is 0 Å². The molecule has 0 aliphatic heterocycles. The first-order valence-electron chi connectivity index (χ1n) is 8.57. The molecule has 0 aliphatic carbocycles. The van der Waals surface area contributed by atoms with Crippen molar-refractivity contribution in [2.24, 2.45) is 7.05 Å². The molecular weight excluding hydrogens is 362 g/mol. The maximum atomic E-state index is 12.7. The predicted octanol–water partition coefficient (Wildman–Crippen LogP) is 2.68. The van der Waals surface area contributed by atoms with E-state index in [1.165, 1.54) is 16.3 Å². The van der Waals surface area contributed by atoms with E-state index in [1.807, 2.05) is 37.3 Å². The monoisotopic (exact) mass is 383 g/mol. The lowest BCUT2D eigenvalue weighted by molar-refractivity contribution is -0.118. The van der Waals surface area contributed by atoms with Crippen molar-refractivity contribution >= 4 is 17.7 Å². The fraction of sp³-hybridized carbons (Fsp3) is 0.250. The highest BCUT2D eigenvalue weighted by atomic mass is 32.2. The van der Waals surface area contributed by atoms with Crippen LogP contribution in [0, 0.1) is 6.92 Å². The molecule has 1 aromatic carbocycles. The fourth-order valence-electron chi connectivity index (χ4n) is 2.64. The van der Waals surface area contributed by atoms with Crippen LogP contribution >= 0.6 is 11.8 Å². The highest BCUT2D eigenvalue weighted by Gasteiger charge is 2.14. The number of aromatic nitrogens is 2. The van der Waals surface area contributed by atoms with Gasteiger partial charge in [-0.3, -0.25) is 14.2 Å². The molecule has 1 amide bonds. The largest absolute Gasteiger partial charge is 0.467 e. The van der Waals surface area contributed by atoms with Gasteiger partial charge < -0.3 is 9.73 Å². The van der Waals surface area contributed by atoms with Crippen molar-refractivity contribution < 1.29 is 9.21 Å². The molecule has 0 bridgehead atoms. The minimum atomic E-state index is -0.142. The van der Waals surface area contributed by atoms with Gasteiger partial charge in [0.05, 0.1) is 18.6 Å². The Balaban J connectivity index is 1.66. The zero-order chi connectivity index (χ0) is 19.2. The SMILES string of the molecule is Cc1nc(SCC(=O)NCc2ccco2)n(C)c(=O)c1Cc1ccccc1. The van der Waals surface area contributed by atoms with E-state index in [1.54, 1.807) is 25.4 Å². The van der Waals surface area contributed by atoms with E-state index in [-0.39, 0.29) is 17.2 Å². The van der Waals surface area contributed by atoms with Gasteiger partial charge in [0.1, 0.15) is 5.76 Å². The van der Waals surface area contributed by atoms with Crippen molar-refractivity contribution in [2.45, 2.75) is 25.0 Å². The van der Waals surface area contributed by atoms with Gasteiger partial charge in [0, 0.05) is 24.7 Å². The Kier molecular flexibility index (Phi) is 6.13. The number of rotatable bonds is 7. The van der Waals surface area contributed by atoms with Gasteiger partial charge >= 0.3 is 0 Å². The van der Waals surface area contributed by atoms with Crippen LogP contribution in [-0.4, -0.2) is 21.2 Å². The second kappa shape index (κ2) is 8.73. The molecule has 0 spiro atoms. The van der Waals surface area contributed by atoms with Crippen molar-refractivity contribution in [2.75, 3.05) is 5.75 Å². The molecule has 0 atom stereocenters.